The first-order chi connectivity index (χ1) is 13.2. The zero-order valence-electron chi connectivity index (χ0n) is 14.7. The van der Waals surface area contributed by atoms with Gasteiger partial charge in [-0.3, -0.25) is 0 Å². The number of nitrogens with zero attached hydrogens (tertiary/aromatic N) is 2. The number of rotatable bonds is 4. The van der Waals surface area contributed by atoms with Crippen LogP contribution in [0.5, 0.6) is 0 Å². The molecule has 0 saturated carbocycles. The molecule has 5 nitrogen and oxygen atoms in total. The van der Waals surface area contributed by atoms with Crippen LogP contribution >= 0.6 is 11.6 Å². The van der Waals surface area contributed by atoms with Gasteiger partial charge in [-0.25, -0.2) is 9.48 Å². The number of carbonyl (C=O) groups excluding carboxylic acids is 1. The van der Waals surface area contributed by atoms with Gasteiger partial charge in [-0.05, 0) is 24.6 Å². The largest absolute Gasteiger partial charge is 0.463 e. The van der Waals surface area contributed by atoms with Gasteiger partial charge >= 0.3 is 5.97 Å². The smallest absolute Gasteiger partial charge is 0.338 e. The average Bonchev–Trinajstić information content (AvgIpc) is 3.13. The summed E-state index contributed by atoms with van der Waals surface area (Å²) in [4.78, 5) is 12.5. The molecule has 0 spiro atoms. The maximum atomic E-state index is 12.5. The quantitative estimate of drug-likeness (QED) is 0.669. The van der Waals surface area contributed by atoms with Crippen LogP contribution in [0.15, 0.2) is 72.4 Å². The summed E-state index contributed by atoms with van der Waals surface area (Å²) in [5.74, 6) is 0.454. The first kappa shape index (κ1) is 17.4. The van der Waals surface area contributed by atoms with Gasteiger partial charge < -0.3 is 10.1 Å². The molecular formula is C21H18ClN3O2. The number of hydrogen-bond donors (Lipinski definition) is 1. The Morgan fingerprint density at radius 1 is 1.19 bits per heavy atom. The van der Waals surface area contributed by atoms with E-state index in [1.807, 2.05) is 65.3 Å². The lowest BCUT2D eigenvalue weighted by molar-refractivity contribution is -0.139. The van der Waals surface area contributed by atoms with Gasteiger partial charge in [0.15, 0.2) is 0 Å². The van der Waals surface area contributed by atoms with Gasteiger partial charge in [0.05, 0.1) is 17.9 Å². The van der Waals surface area contributed by atoms with Crippen LogP contribution in [0, 0.1) is 0 Å². The first-order valence-electron chi connectivity index (χ1n) is 8.71. The molecule has 0 bridgehead atoms. The highest BCUT2D eigenvalue weighted by Crippen LogP contribution is 2.35. The van der Waals surface area contributed by atoms with Crippen LogP contribution in [0.2, 0.25) is 5.02 Å². The van der Waals surface area contributed by atoms with Gasteiger partial charge in [-0.1, -0.05) is 54.1 Å². The van der Waals surface area contributed by atoms with Crippen LogP contribution in [0.3, 0.4) is 0 Å². The lowest BCUT2D eigenvalue weighted by atomic mass is 9.98. The van der Waals surface area contributed by atoms with E-state index >= 15 is 0 Å². The molecule has 0 aliphatic carbocycles. The number of hydrogen-bond acceptors (Lipinski definition) is 4. The molecule has 0 fully saturated rings. The Morgan fingerprint density at radius 2 is 1.93 bits per heavy atom. The van der Waals surface area contributed by atoms with Gasteiger partial charge in [0.1, 0.15) is 11.9 Å². The third-order valence-electron chi connectivity index (χ3n) is 4.42. The summed E-state index contributed by atoms with van der Waals surface area (Å²) in [6, 6.07) is 18.9. The molecule has 1 aliphatic heterocycles. The molecule has 3 aromatic rings. The van der Waals surface area contributed by atoms with Gasteiger partial charge in [0, 0.05) is 22.9 Å². The van der Waals surface area contributed by atoms with E-state index in [9.17, 15) is 4.79 Å². The minimum Gasteiger partial charge on any atom is -0.463 e. The first-order valence-corrected chi connectivity index (χ1v) is 9.09. The fourth-order valence-electron chi connectivity index (χ4n) is 3.16. The SMILES string of the molecule is CCOC(=O)C1=CNc2cc(-c3ccc(Cl)cc3)nn2[C@H]1c1ccccc1. The molecule has 1 atom stereocenters. The van der Waals surface area contributed by atoms with Crippen molar-refractivity contribution in [2.45, 2.75) is 13.0 Å². The van der Waals surface area contributed by atoms with Crippen molar-refractivity contribution in [3.05, 3.63) is 83.0 Å². The van der Waals surface area contributed by atoms with Crippen LogP contribution in [0.1, 0.15) is 18.5 Å². The summed E-state index contributed by atoms with van der Waals surface area (Å²) in [5, 5.41) is 8.60. The second-order valence-corrected chi connectivity index (χ2v) is 6.58. The molecule has 1 aromatic heterocycles. The summed E-state index contributed by atoms with van der Waals surface area (Å²) in [7, 11) is 0. The fourth-order valence-corrected chi connectivity index (χ4v) is 3.29. The molecule has 0 radical (unpaired) electrons. The van der Waals surface area contributed by atoms with Crippen LogP contribution in [0.4, 0.5) is 5.82 Å². The zero-order chi connectivity index (χ0) is 18.8. The summed E-state index contributed by atoms with van der Waals surface area (Å²) in [6.07, 6.45) is 1.71. The molecule has 0 saturated heterocycles. The highest BCUT2D eigenvalue weighted by atomic mass is 35.5. The Hall–Kier alpha value is -3.05. The van der Waals surface area contributed by atoms with Crippen molar-refractivity contribution >= 4 is 23.4 Å². The van der Waals surface area contributed by atoms with Gasteiger partial charge in [0.25, 0.3) is 0 Å². The van der Waals surface area contributed by atoms with Crippen LogP contribution in [-0.2, 0) is 9.53 Å². The molecule has 1 N–H and O–H groups in total. The molecule has 0 unspecified atom stereocenters. The summed E-state index contributed by atoms with van der Waals surface area (Å²) in [6.45, 7) is 2.11. The van der Waals surface area contributed by atoms with E-state index in [-0.39, 0.29) is 12.0 Å². The van der Waals surface area contributed by atoms with Crippen molar-refractivity contribution in [2.24, 2.45) is 0 Å². The van der Waals surface area contributed by atoms with E-state index in [0.29, 0.717) is 17.2 Å². The fraction of sp³-hybridized carbons (Fsp3) is 0.143. The number of ether oxygens (including phenoxy) is 1. The number of aromatic nitrogens is 2. The van der Waals surface area contributed by atoms with E-state index in [2.05, 4.69) is 5.32 Å². The molecule has 1 aliphatic rings. The predicted octanol–water partition coefficient (Wildman–Crippen LogP) is 4.67. The normalized spacial score (nSPS) is 15.5. The Bertz CT molecular complexity index is 994. The minimum atomic E-state index is -0.359. The molecule has 136 valence electrons. The number of fused-ring (bicyclic) bond motifs is 1. The number of esters is 1. The number of anilines is 1. The highest BCUT2D eigenvalue weighted by molar-refractivity contribution is 6.30. The number of halogens is 1. The van der Waals surface area contributed by atoms with Crippen LogP contribution in [0.25, 0.3) is 11.3 Å². The maximum absolute atomic E-state index is 12.5. The predicted molar refractivity (Wildman–Crippen MR) is 106 cm³/mol. The average molecular weight is 380 g/mol. The van der Waals surface area contributed by atoms with Crippen molar-refractivity contribution < 1.29 is 9.53 Å². The van der Waals surface area contributed by atoms with Crippen molar-refractivity contribution in [2.75, 3.05) is 11.9 Å². The lowest BCUT2D eigenvalue weighted by Crippen LogP contribution is -2.26. The van der Waals surface area contributed by atoms with Crippen LogP contribution in [-0.4, -0.2) is 22.4 Å². The van der Waals surface area contributed by atoms with Gasteiger partial charge in [-0.15, -0.1) is 0 Å². The molecule has 2 aromatic carbocycles. The Labute approximate surface area is 162 Å². The Kier molecular flexibility index (Phi) is 4.69. The third kappa shape index (κ3) is 3.34. The molecule has 27 heavy (non-hydrogen) atoms. The maximum Gasteiger partial charge on any atom is 0.338 e. The Balaban J connectivity index is 1.79. The van der Waals surface area contributed by atoms with E-state index < -0.39 is 0 Å². The molecule has 4 rings (SSSR count). The number of benzene rings is 2. The van der Waals surface area contributed by atoms with Gasteiger partial charge in [0.2, 0.25) is 0 Å². The summed E-state index contributed by atoms with van der Waals surface area (Å²) >= 11 is 5.99. The highest BCUT2D eigenvalue weighted by Gasteiger charge is 2.31. The molecule has 0 amide bonds. The lowest BCUT2D eigenvalue weighted by Gasteiger charge is -2.26. The van der Waals surface area contributed by atoms with E-state index in [1.165, 1.54) is 0 Å². The third-order valence-corrected chi connectivity index (χ3v) is 4.67. The minimum absolute atomic E-state index is 0.319. The van der Waals surface area contributed by atoms with E-state index in [0.717, 1.165) is 22.6 Å². The molecule has 2 heterocycles. The van der Waals surface area contributed by atoms with Gasteiger partial charge in [-0.2, -0.15) is 5.10 Å². The zero-order valence-corrected chi connectivity index (χ0v) is 15.5. The standard InChI is InChI=1S/C21H18ClN3O2/c1-2-27-21(26)17-13-23-19-12-18(14-8-10-16(22)11-9-14)24-25(19)20(17)15-6-4-3-5-7-15/h3-13,20,23H,2H2,1H3/t20-/m0/s1. The molecular weight excluding hydrogens is 362 g/mol. The second-order valence-electron chi connectivity index (χ2n) is 6.14. The van der Waals surface area contributed by atoms with Crippen molar-refractivity contribution in [3.8, 4) is 11.3 Å². The van der Waals surface area contributed by atoms with E-state index in [1.54, 1.807) is 13.1 Å². The molecule has 6 heteroatoms. The summed E-state index contributed by atoms with van der Waals surface area (Å²) < 4.78 is 7.07. The number of carbonyl (C=O) groups is 1. The van der Waals surface area contributed by atoms with Crippen molar-refractivity contribution in [1.82, 2.24) is 9.78 Å². The second kappa shape index (κ2) is 7.29. The topological polar surface area (TPSA) is 56.1 Å². The Morgan fingerprint density at radius 3 is 2.63 bits per heavy atom. The van der Waals surface area contributed by atoms with E-state index in [4.69, 9.17) is 21.4 Å². The monoisotopic (exact) mass is 379 g/mol. The van der Waals surface area contributed by atoms with Crippen molar-refractivity contribution in [1.29, 1.82) is 0 Å². The number of nitrogens with one attached hydrogen (secondary N) is 1. The van der Waals surface area contributed by atoms with Crippen molar-refractivity contribution in [3.63, 3.8) is 0 Å². The summed E-state index contributed by atoms with van der Waals surface area (Å²) in [5.41, 5.74) is 3.23. The van der Waals surface area contributed by atoms with Crippen LogP contribution < -0.4 is 5.32 Å².